The highest BCUT2D eigenvalue weighted by Gasteiger charge is 2.49. The number of unbranched alkanes of at least 4 members (excludes halogenated alkanes) is 4. The van der Waals surface area contributed by atoms with E-state index in [0.717, 1.165) is 25.7 Å². The van der Waals surface area contributed by atoms with Gasteiger partial charge in [0.25, 0.3) is 0 Å². The van der Waals surface area contributed by atoms with Crippen molar-refractivity contribution in [3.63, 3.8) is 0 Å². The molecule has 1 aromatic carbocycles. The maximum atomic E-state index is 10.9. The van der Waals surface area contributed by atoms with E-state index in [0.29, 0.717) is 36.8 Å². The van der Waals surface area contributed by atoms with E-state index in [1.54, 1.807) is 0 Å². The van der Waals surface area contributed by atoms with E-state index in [4.69, 9.17) is 37.9 Å². The molecule has 0 aromatic heterocycles. The summed E-state index contributed by atoms with van der Waals surface area (Å²) in [5, 5.41) is 166. The Morgan fingerprint density at radius 3 is 1.14 bits per heavy atom. The van der Waals surface area contributed by atoms with Crippen LogP contribution in [0.5, 0.6) is 0 Å². The molecule has 0 spiro atoms. The molecule has 0 saturated carbocycles. The first-order valence-corrected chi connectivity index (χ1v) is 25.0. The number of hydrogen-bond acceptors (Lipinski definition) is 24. The molecule has 0 amide bonds. The maximum absolute atomic E-state index is 10.9. The number of aliphatic hydroxyl groups is 16. The highest BCUT2D eigenvalue weighted by molar-refractivity contribution is 5.25. The Hall–Kier alpha value is -1.74. The average Bonchev–Trinajstić information content (AvgIpc) is 3.36. The third kappa shape index (κ3) is 17.1. The highest BCUT2D eigenvalue weighted by Crippen LogP contribution is 2.38. The van der Waals surface area contributed by atoms with Crippen LogP contribution in [0.1, 0.15) is 83.3 Å². The highest BCUT2D eigenvalue weighted by atomic mass is 16.7. The van der Waals surface area contributed by atoms with Gasteiger partial charge in [-0.05, 0) is 43.7 Å². The first-order chi connectivity index (χ1) is 34.2. The van der Waals surface area contributed by atoms with Crippen LogP contribution in [0.3, 0.4) is 0 Å². The molecule has 3 aliphatic heterocycles. The predicted molar refractivity (Wildman–Crippen MR) is 248 cm³/mol. The lowest BCUT2D eigenvalue weighted by molar-refractivity contribution is -0.318. The molecule has 0 bridgehead atoms. The largest absolute Gasteiger partial charge is 0.394 e. The number of hydrogen-bond donors (Lipinski definition) is 16. The van der Waals surface area contributed by atoms with Crippen molar-refractivity contribution in [3.05, 3.63) is 35.4 Å². The lowest BCUT2D eigenvalue weighted by atomic mass is 9.76. The molecule has 17 unspecified atom stereocenters. The SMILES string of the molecule is CCCCCC(COC1OC(CO)C(O)C(O)C1O)(COC1OC(CO)C(O)C(O)C1O)Cc1ccc(C[C@@](CCCCC)(COC(OC(CO)[C@H](C)O)C(O)O)COC2OC(CO)C(O)C(O)C2O)cc1. The van der Waals surface area contributed by atoms with E-state index in [-0.39, 0.29) is 39.3 Å². The zero-order valence-electron chi connectivity index (χ0n) is 41.4. The smallest absolute Gasteiger partial charge is 0.209 e. The fourth-order valence-electron chi connectivity index (χ4n) is 9.22. The third-order valence-corrected chi connectivity index (χ3v) is 13.8. The first-order valence-electron chi connectivity index (χ1n) is 25.0. The van der Waals surface area contributed by atoms with Crippen LogP contribution in [0.25, 0.3) is 0 Å². The van der Waals surface area contributed by atoms with Crippen LogP contribution in [0.2, 0.25) is 0 Å². The van der Waals surface area contributed by atoms with Crippen LogP contribution < -0.4 is 0 Å². The Kier molecular flexibility index (Phi) is 26.4. The van der Waals surface area contributed by atoms with Crippen molar-refractivity contribution in [3.8, 4) is 0 Å². The van der Waals surface area contributed by atoms with Crippen LogP contribution in [0.15, 0.2) is 24.3 Å². The van der Waals surface area contributed by atoms with Crippen molar-refractivity contribution < 1.29 is 120 Å². The number of rotatable bonds is 32. The molecule has 3 fully saturated rings. The maximum Gasteiger partial charge on any atom is 0.209 e. The van der Waals surface area contributed by atoms with Gasteiger partial charge < -0.3 is 120 Å². The Morgan fingerprint density at radius 1 is 0.500 bits per heavy atom. The minimum Gasteiger partial charge on any atom is -0.394 e. The van der Waals surface area contributed by atoms with Gasteiger partial charge in [0.1, 0.15) is 79.4 Å². The lowest BCUT2D eigenvalue weighted by Gasteiger charge is -2.43. The summed E-state index contributed by atoms with van der Waals surface area (Å²) in [6.45, 7) is 1.50. The van der Waals surface area contributed by atoms with Gasteiger partial charge in [-0.1, -0.05) is 76.6 Å². The molecule has 4 rings (SSSR count). The predicted octanol–water partition coefficient (Wildman–Crippen LogP) is -4.23. The molecular formula is C48H84O24. The number of benzene rings is 1. The summed E-state index contributed by atoms with van der Waals surface area (Å²) in [5.74, 6) is 0. The number of aliphatic hydroxyl groups excluding tert-OH is 15. The zero-order valence-corrected chi connectivity index (χ0v) is 41.4. The van der Waals surface area contributed by atoms with Crippen molar-refractivity contribution in [2.75, 3.05) is 52.9 Å². The fraction of sp³-hybridized carbons (Fsp3) is 0.875. The zero-order chi connectivity index (χ0) is 53.3. The topological polar surface area (TPSA) is 398 Å². The van der Waals surface area contributed by atoms with Crippen molar-refractivity contribution >= 4 is 0 Å². The van der Waals surface area contributed by atoms with Gasteiger partial charge in [0.2, 0.25) is 12.6 Å². The van der Waals surface area contributed by atoms with Gasteiger partial charge >= 0.3 is 0 Å². The molecule has 72 heavy (non-hydrogen) atoms. The minimum absolute atomic E-state index is 0.157. The van der Waals surface area contributed by atoms with Gasteiger partial charge in [0, 0.05) is 10.8 Å². The van der Waals surface area contributed by atoms with Gasteiger partial charge in [-0.25, -0.2) is 0 Å². The molecule has 3 heterocycles. The Morgan fingerprint density at radius 2 is 0.847 bits per heavy atom. The summed E-state index contributed by atoms with van der Waals surface area (Å²) in [4.78, 5) is 0. The molecule has 3 aliphatic rings. The molecule has 19 atom stereocenters. The van der Waals surface area contributed by atoms with E-state index >= 15 is 0 Å². The summed E-state index contributed by atoms with van der Waals surface area (Å²) < 4.78 is 47.1. The summed E-state index contributed by atoms with van der Waals surface area (Å²) in [6.07, 6.45) is -24.8. The van der Waals surface area contributed by atoms with Gasteiger partial charge in [0.05, 0.1) is 59.0 Å². The molecule has 24 heteroatoms. The lowest BCUT2D eigenvalue weighted by Crippen LogP contribution is -2.60. The van der Waals surface area contributed by atoms with Crippen LogP contribution in [-0.2, 0) is 50.7 Å². The molecule has 16 N–H and O–H groups in total. The molecule has 24 nitrogen and oxygen atoms in total. The monoisotopic (exact) mass is 1040 g/mol. The van der Waals surface area contributed by atoms with Crippen molar-refractivity contribution in [2.24, 2.45) is 10.8 Å². The van der Waals surface area contributed by atoms with E-state index in [1.165, 1.54) is 6.92 Å². The third-order valence-electron chi connectivity index (χ3n) is 13.8. The summed E-state index contributed by atoms with van der Waals surface area (Å²) in [5.41, 5.74) is -0.764. The molecule has 1 aromatic rings. The molecule has 3 saturated heterocycles. The van der Waals surface area contributed by atoms with Crippen molar-refractivity contribution in [1.29, 1.82) is 0 Å². The summed E-state index contributed by atoms with van der Waals surface area (Å²) >= 11 is 0. The van der Waals surface area contributed by atoms with Crippen LogP contribution in [0.4, 0.5) is 0 Å². The van der Waals surface area contributed by atoms with Crippen LogP contribution in [-0.4, -0.2) is 251 Å². The van der Waals surface area contributed by atoms with Gasteiger partial charge in [0.15, 0.2) is 18.9 Å². The van der Waals surface area contributed by atoms with Gasteiger partial charge in [-0.2, -0.15) is 0 Å². The summed E-state index contributed by atoms with van der Waals surface area (Å²) in [7, 11) is 0. The fourth-order valence-corrected chi connectivity index (χ4v) is 9.22. The standard InChI is InChI=1S/C48H84O24/c1-4-6-8-14-47(22-65-43-39(60)36(57)33(54)30(19-50)70-43,23-66-44-40(61)37(58)34(55)31(20-51)71-44)16-27-10-12-28(13-11-27)17-48(15-9-7-5-2,25-68-46(42(63)64)69-29(18-49)26(3)53)24-67-45-41(62)38(59)35(56)32(21-52)72-45/h10-13,26,29-46,49-64H,4-9,14-25H2,1-3H3/t26-,29?,30?,31?,32?,33?,34?,35?,36?,37?,38?,39?,40?,41?,43?,44?,45?,46?,47?,48+/m0/s1. The second kappa shape index (κ2) is 30.3. The van der Waals surface area contributed by atoms with Crippen molar-refractivity contribution in [1.82, 2.24) is 0 Å². The molecule has 0 radical (unpaired) electrons. The van der Waals surface area contributed by atoms with E-state index in [2.05, 4.69) is 0 Å². The Balaban J connectivity index is 1.72. The quantitative estimate of drug-likeness (QED) is 0.0240. The van der Waals surface area contributed by atoms with Crippen LogP contribution in [0, 0.1) is 10.8 Å². The first kappa shape index (κ1) is 62.8. The van der Waals surface area contributed by atoms with E-state index in [1.807, 2.05) is 38.1 Å². The average molecular weight is 1050 g/mol. The molecule has 420 valence electrons. The molecular weight excluding hydrogens is 961 g/mol. The minimum atomic E-state index is -2.23. The second-order valence-corrected chi connectivity index (χ2v) is 19.8. The summed E-state index contributed by atoms with van der Waals surface area (Å²) in [6, 6.07) is 7.27. The van der Waals surface area contributed by atoms with E-state index < -0.39 is 154 Å². The van der Waals surface area contributed by atoms with E-state index in [9.17, 15) is 81.7 Å². The number of ether oxygens (including phenoxy) is 8. The van der Waals surface area contributed by atoms with Crippen LogP contribution >= 0.6 is 0 Å². The van der Waals surface area contributed by atoms with Crippen molar-refractivity contribution in [2.45, 2.75) is 202 Å². The Bertz CT molecular complexity index is 1580. The Labute approximate surface area is 419 Å². The van der Waals surface area contributed by atoms with Gasteiger partial charge in [-0.15, -0.1) is 0 Å². The molecule has 0 aliphatic carbocycles. The second-order valence-electron chi connectivity index (χ2n) is 19.8. The normalized spacial score (nSPS) is 34.4. The van der Waals surface area contributed by atoms with Gasteiger partial charge in [-0.3, -0.25) is 0 Å².